The number of nitrogens with zero attached hydrogens (tertiary/aromatic N) is 2. The topological polar surface area (TPSA) is 72.8 Å². The number of oxime groups is 1. The maximum absolute atomic E-state index is 11.0. The first-order chi connectivity index (χ1) is 10.6. The number of carbonyl (C=O) groups is 1. The largest absolute Gasteiger partial charge is 0.480 e. The van der Waals surface area contributed by atoms with E-state index in [4.69, 9.17) is 9.57 Å². The van der Waals surface area contributed by atoms with Crippen LogP contribution in [0.4, 0.5) is 5.69 Å². The molecule has 0 saturated carbocycles. The molecule has 0 saturated heterocycles. The molecule has 22 heavy (non-hydrogen) atoms. The van der Waals surface area contributed by atoms with E-state index in [1.165, 1.54) is 18.5 Å². The van der Waals surface area contributed by atoms with Gasteiger partial charge >= 0.3 is 0 Å². The van der Waals surface area contributed by atoms with Crippen molar-refractivity contribution in [2.45, 2.75) is 20.5 Å². The van der Waals surface area contributed by atoms with Crippen LogP contribution >= 0.6 is 11.5 Å². The molecule has 2 aromatic rings. The third-order valence-electron chi connectivity index (χ3n) is 2.78. The SMILES string of the molecule is COc1cc(CO/N=C(\C)c2ccc(NC(C)=O)cc2)sn1. The molecule has 0 unspecified atom stereocenters. The first-order valence-corrected chi connectivity index (χ1v) is 7.40. The van der Waals surface area contributed by atoms with Gasteiger partial charge in [0.1, 0.15) is 0 Å². The molecule has 116 valence electrons. The molecule has 1 N–H and O–H groups in total. The Kier molecular flexibility index (Phi) is 5.48. The van der Waals surface area contributed by atoms with Crippen LogP contribution < -0.4 is 10.1 Å². The summed E-state index contributed by atoms with van der Waals surface area (Å²) < 4.78 is 9.09. The highest BCUT2D eigenvalue weighted by atomic mass is 32.1. The Bertz CT molecular complexity index is 665. The number of anilines is 1. The molecule has 1 aromatic carbocycles. The van der Waals surface area contributed by atoms with Crippen molar-refractivity contribution in [3.05, 3.63) is 40.8 Å². The lowest BCUT2D eigenvalue weighted by atomic mass is 10.1. The second-order valence-electron chi connectivity index (χ2n) is 4.54. The van der Waals surface area contributed by atoms with Gasteiger partial charge in [-0.3, -0.25) is 4.79 Å². The molecule has 1 heterocycles. The minimum atomic E-state index is -0.0959. The normalized spacial score (nSPS) is 11.1. The lowest BCUT2D eigenvalue weighted by Crippen LogP contribution is -2.06. The fraction of sp³-hybridized carbons (Fsp3) is 0.267. The summed E-state index contributed by atoms with van der Waals surface area (Å²) in [5.41, 5.74) is 2.43. The highest BCUT2D eigenvalue weighted by Gasteiger charge is 2.03. The maximum Gasteiger partial charge on any atom is 0.225 e. The smallest absolute Gasteiger partial charge is 0.225 e. The number of benzene rings is 1. The third kappa shape index (κ3) is 4.56. The molecular weight excluding hydrogens is 302 g/mol. The maximum atomic E-state index is 11.0. The summed E-state index contributed by atoms with van der Waals surface area (Å²) in [6.07, 6.45) is 0. The van der Waals surface area contributed by atoms with Crippen LogP contribution in [0.3, 0.4) is 0 Å². The van der Waals surface area contributed by atoms with Gasteiger partial charge in [0, 0.05) is 18.7 Å². The van der Waals surface area contributed by atoms with Crippen LogP contribution in [0.25, 0.3) is 0 Å². The van der Waals surface area contributed by atoms with E-state index in [9.17, 15) is 4.79 Å². The van der Waals surface area contributed by atoms with E-state index >= 15 is 0 Å². The molecule has 0 spiro atoms. The molecule has 0 atom stereocenters. The Morgan fingerprint density at radius 2 is 2.05 bits per heavy atom. The second kappa shape index (κ2) is 7.56. The van der Waals surface area contributed by atoms with E-state index in [1.807, 2.05) is 37.3 Å². The highest BCUT2D eigenvalue weighted by Crippen LogP contribution is 2.17. The lowest BCUT2D eigenvalue weighted by molar-refractivity contribution is -0.114. The first-order valence-electron chi connectivity index (χ1n) is 6.62. The fourth-order valence-corrected chi connectivity index (χ4v) is 2.30. The Balaban J connectivity index is 1.92. The summed E-state index contributed by atoms with van der Waals surface area (Å²) in [5.74, 6) is 0.485. The second-order valence-corrected chi connectivity index (χ2v) is 5.43. The number of aromatic nitrogens is 1. The molecule has 2 rings (SSSR count). The molecule has 7 heteroatoms. The average molecular weight is 319 g/mol. The van der Waals surface area contributed by atoms with E-state index < -0.39 is 0 Å². The van der Waals surface area contributed by atoms with Gasteiger partial charge in [-0.05, 0) is 36.2 Å². The van der Waals surface area contributed by atoms with Crippen molar-refractivity contribution in [1.29, 1.82) is 0 Å². The Hall–Kier alpha value is -2.41. The molecule has 6 nitrogen and oxygen atoms in total. The van der Waals surface area contributed by atoms with Crippen LogP contribution in [0.5, 0.6) is 5.88 Å². The van der Waals surface area contributed by atoms with E-state index in [0.29, 0.717) is 12.5 Å². The third-order valence-corrected chi connectivity index (χ3v) is 3.52. The summed E-state index contributed by atoms with van der Waals surface area (Å²) in [7, 11) is 1.58. The lowest BCUT2D eigenvalue weighted by Gasteiger charge is -2.04. The summed E-state index contributed by atoms with van der Waals surface area (Å²) in [6, 6.07) is 9.22. The van der Waals surface area contributed by atoms with Crippen LogP contribution in [0.15, 0.2) is 35.5 Å². The zero-order valence-electron chi connectivity index (χ0n) is 12.6. The number of hydrogen-bond acceptors (Lipinski definition) is 6. The Labute approximate surface area is 132 Å². The van der Waals surface area contributed by atoms with Gasteiger partial charge in [0.15, 0.2) is 6.61 Å². The Morgan fingerprint density at radius 3 is 2.64 bits per heavy atom. The monoisotopic (exact) mass is 319 g/mol. The van der Waals surface area contributed by atoms with Crippen molar-refractivity contribution in [3.63, 3.8) is 0 Å². The number of ether oxygens (including phenoxy) is 1. The van der Waals surface area contributed by atoms with E-state index in [-0.39, 0.29) is 5.91 Å². The average Bonchev–Trinajstić information content (AvgIpc) is 2.95. The number of amides is 1. The van der Waals surface area contributed by atoms with Crippen LogP contribution in [0.2, 0.25) is 0 Å². The van der Waals surface area contributed by atoms with Gasteiger partial charge < -0.3 is 14.9 Å². The van der Waals surface area contributed by atoms with Crippen molar-refractivity contribution in [2.24, 2.45) is 5.16 Å². The summed E-state index contributed by atoms with van der Waals surface area (Å²) in [4.78, 5) is 17.2. The molecule has 0 aliphatic rings. The number of hydrogen-bond donors (Lipinski definition) is 1. The Morgan fingerprint density at radius 1 is 1.32 bits per heavy atom. The quantitative estimate of drug-likeness (QED) is 0.656. The van der Waals surface area contributed by atoms with Crippen LogP contribution in [-0.2, 0) is 16.2 Å². The van der Waals surface area contributed by atoms with Gasteiger partial charge in [-0.2, -0.15) is 4.37 Å². The first kappa shape index (κ1) is 16.0. The number of methoxy groups -OCH3 is 1. The van der Waals surface area contributed by atoms with Gasteiger partial charge in [0.25, 0.3) is 0 Å². The number of nitrogens with one attached hydrogen (secondary N) is 1. The fourth-order valence-electron chi connectivity index (χ4n) is 1.70. The molecule has 1 aromatic heterocycles. The van der Waals surface area contributed by atoms with Crippen LogP contribution in [-0.4, -0.2) is 23.1 Å². The van der Waals surface area contributed by atoms with E-state index in [0.717, 1.165) is 21.8 Å². The highest BCUT2D eigenvalue weighted by molar-refractivity contribution is 7.05. The number of carbonyl (C=O) groups excluding carboxylic acids is 1. The molecule has 1 amide bonds. The molecule has 0 bridgehead atoms. The van der Waals surface area contributed by atoms with Crippen molar-refractivity contribution in [2.75, 3.05) is 12.4 Å². The van der Waals surface area contributed by atoms with Crippen molar-refractivity contribution in [1.82, 2.24) is 4.37 Å². The van der Waals surface area contributed by atoms with Crippen molar-refractivity contribution in [3.8, 4) is 5.88 Å². The molecular formula is C15H17N3O3S. The standard InChI is InChI=1S/C15H17N3O3S/c1-10(12-4-6-13(7-5-12)16-11(2)19)17-21-9-14-8-15(20-3)18-22-14/h4-8H,9H2,1-3H3,(H,16,19)/b17-10+. The van der Waals surface area contributed by atoms with Crippen LogP contribution in [0.1, 0.15) is 24.3 Å². The summed E-state index contributed by atoms with van der Waals surface area (Å²) in [5, 5.41) is 6.80. The molecule has 0 aliphatic carbocycles. The van der Waals surface area contributed by atoms with E-state index in [2.05, 4.69) is 14.8 Å². The summed E-state index contributed by atoms with van der Waals surface area (Å²) in [6.45, 7) is 3.69. The van der Waals surface area contributed by atoms with Crippen LogP contribution in [0, 0.1) is 0 Å². The minimum absolute atomic E-state index is 0.0959. The zero-order chi connectivity index (χ0) is 15.9. The molecule has 0 aliphatic heterocycles. The summed E-state index contributed by atoms with van der Waals surface area (Å²) >= 11 is 1.32. The van der Waals surface area contributed by atoms with E-state index in [1.54, 1.807) is 7.11 Å². The molecule has 0 radical (unpaired) electrons. The van der Waals surface area contributed by atoms with Gasteiger partial charge in [-0.25, -0.2) is 0 Å². The zero-order valence-corrected chi connectivity index (χ0v) is 13.4. The predicted octanol–water partition coefficient (Wildman–Crippen LogP) is 3.05. The van der Waals surface area contributed by atoms with Crippen molar-refractivity contribution < 1.29 is 14.4 Å². The van der Waals surface area contributed by atoms with Crippen molar-refractivity contribution >= 4 is 28.8 Å². The predicted molar refractivity (Wildman–Crippen MR) is 86.4 cm³/mol. The van der Waals surface area contributed by atoms with Gasteiger partial charge in [-0.15, -0.1) is 0 Å². The number of rotatable bonds is 6. The van der Waals surface area contributed by atoms with Gasteiger partial charge in [0.2, 0.25) is 11.8 Å². The molecule has 0 fully saturated rings. The minimum Gasteiger partial charge on any atom is -0.480 e. The van der Waals surface area contributed by atoms with Gasteiger partial charge in [-0.1, -0.05) is 17.3 Å². The van der Waals surface area contributed by atoms with Gasteiger partial charge in [0.05, 0.1) is 17.7 Å².